The average molecular weight is 324 g/mol. The molecule has 0 aromatic carbocycles. The van der Waals surface area contributed by atoms with Crippen molar-refractivity contribution in [3.05, 3.63) is 0 Å². The van der Waals surface area contributed by atoms with Crippen LogP contribution in [-0.2, 0) is 19.2 Å². The number of amides is 4. The third kappa shape index (κ3) is 4.20. The number of nitrogens with one attached hydrogen (secondary N) is 1. The number of nitrogens with zero attached hydrogens (tertiary/aromatic N) is 3. The average Bonchev–Trinajstić information content (AvgIpc) is 2.79. The largest absolute Gasteiger partial charge is 0.359 e. The maximum absolute atomic E-state index is 12.5. The van der Waals surface area contributed by atoms with Crippen LogP contribution < -0.4 is 5.32 Å². The highest BCUT2D eigenvalue weighted by Crippen LogP contribution is 2.13. The summed E-state index contributed by atoms with van der Waals surface area (Å²) in [5.41, 5.74) is 0. The van der Waals surface area contributed by atoms with E-state index in [9.17, 15) is 19.2 Å². The molecule has 0 saturated carbocycles. The minimum atomic E-state index is -0.454. The van der Waals surface area contributed by atoms with E-state index in [2.05, 4.69) is 5.32 Å². The molecule has 4 amide bonds. The molecule has 128 valence electrons. The van der Waals surface area contributed by atoms with Gasteiger partial charge in [-0.2, -0.15) is 0 Å². The van der Waals surface area contributed by atoms with Gasteiger partial charge in [0.15, 0.2) is 0 Å². The van der Waals surface area contributed by atoms with Crippen LogP contribution in [0.25, 0.3) is 0 Å². The molecule has 0 radical (unpaired) electrons. The van der Waals surface area contributed by atoms with Gasteiger partial charge in [0.1, 0.15) is 0 Å². The monoisotopic (exact) mass is 324 g/mol. The van der Waals surface area contributed by atoms with Crippen LogP contribution in [0.1, 0.15) is 19.8 Å². The molecule has 2 heterocycles. The number of carbonyl (C=O) groups excluding carboxylic acids is 4. The van der Waals surface area contributed by atoms with Crippen LogP contribution in [0.2, 0.25) is 0 Å². The van der Waals surface area contributed by atoms with E-state index in [1.807, 2.05) is 0 Å². The molecule has 2 aliphatic heterocycles. The van der Waals surface area contributed by atoms with Gasteiger partial charge in [-0.15, -0.1) is 0 Å². The Kier molecular flexibility index (Phi) is 5.57. The summed E-state index contributed by atoms with van der Waals surface area (Å²) in [4.78, 5) is 52.5. The number of likely N-dealkylation sites (tertiary alicyclic amines) is 1. The predicted molar refractivity (Wildman–Crippen MR) is 82.2 cm³/mol. The van der Waals surface area contributed by atoms with Crippen molar-refractivity contribution in [2.24, 2.45) is 5.92 Å². The molecular formula is C15H24N4O4. The van der Waals surface area contributed by atoms with Gasteiger partial charge in [-0.25, -0.2) is 0 Å². The third-order valence-corrected chi connectivity index (χ3v) is 4.43. The quantitative estimate of drug-likeness (QED) is 0.696. The van der Waals surface area contributed by atoms with Gasteiger partial charge in [-0.3, -0.25) is 19.2 Å². The molecule has 0 spiro atoms. The van der Waals surface area contributed by atoms with Gasteiger partial charge in [0.05, 0.1) is 12.5 Å². The lowest BCUT2D eigenvalue weighted by atomic mass is 10.1. The highest BCUT2D eigenvalue weighted by Gasteiger charge is 2.32. The number of rotatable bonds is 3. The number of carbonyl (C=O) groups is 4. The first kappa shape index (κ1) is 17.2. The molecule has 2 aliphatic rings. The van der Waals surface area contributed by atoms with Gasteiger partial charge in [0, 0.05) is 53.1 Å². The van der Waals surface area contributed by atoms with Gasteiger partial charge in [-0.05, 0) is 6.42 Å². The molecule has 2 saturated heterocycles. The van der Waals surface area contributed by atoms with Crippen LogP contribution >= 0.6 is 0 Å². The van der Waals surface area contributed by atoms with Crippen molar-refractivity contribution >= 4 is 23.6 Å². The molecule has 2 rings (SSSR count). The van der Waals surface area contributed by atoms with E-state index in [0.717, 1.165) is 6.42 Å². The highest BCUT2D eigenvalue weighted by molar-refractivity contribution is 5.87. The first-order valence-corrected chi connectivity index (χ1v) is 7.95. The van der Waals surface area contributed by atoms with Gasteiger partial charge in [0.25, 0.3) is 0 Å². The lowest BCUT2D eigenvalue weighted by Crippen LogP contribution is -2.45. The van der Waals surface area contributed by atoms with Gasteiger partial charge in [0.2, 0.25) is 23.6 Å². The van der Waals surface area contributed by atoms with E-state index in [1.54, 1.807) is 21.7 Å². The molecular weight excluding hydrogens is 300 g/mol. The second-order valence-electron chi connectivity index (χ2n) is 6.03. The lowest BCUT2D eigenvalue weighted by Gasteiger charge is -2.25. The van der Waals surface area contributed by atoms with Gasteiger partial charge >= 0.3 is 0 Å². The van der Waals surface area contributed by atoms with Crippen LogP contribution in [0.4, 0.5) is 0 Å². The Morgan fingerprint density at radius 1 is 1.13 bits per heavy atom. The Morgan fingerprint density at radius 3 is 2.35 bits per heavy atom. The van der Waals surface area contributed by atoms with Gasteiger partial charge < -0.3 is 20.0 Å². The minimum absolute atomic E-state index is 0.00128. The van der Waals surface area contributed by atoms with Crippen LogP contribution in [0, 0.1) is 5.92 Å². The minimum Gasteiger partial charge on any atom is -0.359 e. The first-order valence-electron chi connectivity index (χ1n) is 7.95. The second-order valence-corrected chi connectivity index (χ2v) is 6.03. The molecule has 1 N–H and O–H groups in total. The van der Waals surface area contributed by atoms with Crippen molar-refractivity contribution < 1.29 is 19.2 Å². The normalized spacial score (nSPS) is 22.1. The van der Waals surface area contributed by atoms with Crippen LogP contribution in [0.3, 0.4) is 0 Å². The van der Waals surface area contributed by atoms with Crippen LogP contribution in [0.15, 0.2) is 0 Å². The first-order chi connectivity index (χ1) is 10.9. The van der Waals surface area contributed by atoms with Crippen LogP contribution in [0.5, 0.6) is 0 Å². The Morgan fingerprint density at radius 2 is 1.78 bits per heavy atom. The zero-order valence-corrected chi connectivity index (χ0v) is 13.7. The van der Waals surface area contributed by atoms with E-state index in [0.29, 0.717) is 32.6 Å². The second kappa shape index (κ2) is 7.43. The van der Waals surface area contributed by atoms with E-state index < -0.39 is 5.92 Å². The topological polar surface area (TPSA) is 90.0 Å². The fraction of sp³-hybridized carbons (Fsp3) is 0.733. The van der Waals surface area contributed by atoms with Crippen molar-refractivity contribution in [2.45, 2.75) is 19.8 Å². The SMILES string of the molecule is CNC(=O)[C@H]1CN(C(C)=O)CCN(C(=O)CN2CCCC2=O)C1. The Hall–Kier alpha value is -2.12. The van der Waals surface area contributed by atoms with E-state index in [1.165, 1.54) is 6.92 Å². The van der Waals surface area contributed by atoms with Crippen molar-refractivity contribution in [1.82, 2.24) is 20.0 Å². The Balaban J connectivity index is 2.04. The molecule has 23 heavy (non-hydrogen) atoms. The fourth-order valence-electron chi connectivity index (χ4n) is 3.03. The molecule has 0 unspecified atom stereocenters. The van der Waals surface area contributed by atoms with Crippen molar-refractivity contribution in [3.8, 4) is 0 Å². The summed E-state index contributed by atoms with van der Waals surface area (Å²) in [7, 11) is 1.54. The molecule has 0 aromatic rings. The van der Waals surface area contributed by atoms with Crippen LogP contribution in [-0.4, -0.2) is 84.6 Å². The summed E-state index contributed by atoms with van der Waals surface area (Å²) < 4.78 is 0. The zero-order valence-electron chi connectivity index (χ0n) is 13.7. The zero-order chi connectivity index (χ0) is 17.0. The number of hydrogen-bond donors (Lipinski definition) is 1. The Bertz CT molecular complexity index is 508. The summed E-state index contributed by atoms with van der Waals surface area (Å²) >= 11 is 0. The van der Waals surface area contributed by atoms with Crippen molar-refractivity contribution in [1.29, 1.82) is 0 Å². The molecule has 0 aliphatic carbocycles. The maximum Gasteiger partial charge on any atom is 0.242 e. The molecule has 1 atom stereocenters. The summed E-state index contributed by atoms with van der Waals surface area (Å²) in [5, 5.41) is 2.58. The van der Waals surface area contributed by atoms with Crippen molar-refractivity contribution in [3.63, 3.8) is 0 Å². The smallest absolute Gasteiger partial charge is 0.242 e. The molecule has 0 aromatic heterocycles. The van der Waals surface area contributed by atoms with Gasteiger partial charge in [-0.1, -0.05) is 0 Å². The molecule has 0 bridgehead atoms. The molecule has 2 fully saturated rings. The van der Waals surface area contributed by atoms with E-state index in [-0.39, 0.29) is 36.7 Å². The predicted octanol–water partition coefficient (Wildman–Crippen LogP) is -1.34. The standard InChI is InChI=1S/C15H24N4O4/c1-11(20)17-6-7-19(9-12(8-17)15(23)16-2)14(22)10-18-5-3-4-13(18)21/h12H,3-10H2,1-2H3,(H,16,23)/t12-/m0/s1. The third-order valence-electron chi connectivity index (χ3n) is 4.43. The Labute approximate surface area is 135 Å². The summed E-state index contributed by atoms with van der Waals surface area (Å²) in [5.74, 6) is -0.915. The summed E-state index contributed by atoms with van der Waals surface area (Å²) in [6.45, 7) is 3.49. The maximum atomic E-state index is 12.5. The highest BCUT2D eigenvalue weighted by atomic mass is 16.2. The molecule has 8 nitrogen and oxygen atoms in total. The summed E-state index contributed by atoms with van der Waals surface area (Å²) in [6, 6.07) is 0. The fourth-order valence-corrected chi connectivity index (χ4v) is 3.03. The van der Waals surface area contributed by atoms with E-state index >= 15 is 0 Å². The lowest BCUT2D eigenvalue weighted by molar-refractivity contribution is -0.139. The van der Waals surface area contributed by atoms with E-state index in [4.69, 9.17) is 0 Å². The molecule has 8 heteroatoms. The summed E-state index contributed by atoms with van der Waals surface area (Å²) in [6.07, 6.45) is 1.28. The van der Waals surface area contributed by atoms with Crippen molar-refractivity contribution in [2.75, 3.05) is 46.3 Å². The number of hydrogen-bond acceptors (Lipinski definition) is 4.